The Hall–Kier alpha value is -2.93. The fraction of sp³-hybridized carbons (Fsp3) is 0.304. The van der Waals surface area contributed by atoms with Crippen LogP contribution in [0, 0.1) is 0 Å². The highest BCUT2D eigenvalue weighted by Crippen LogP contribution is 2.45. The van der Waals surface area contributed by atoms with E-state index < -0.39 is 15.7 Å². The van der Waals surface area contributed by atoms with Gasteiger partial charge in [0.15, 0.2) is 9.84 Å². The molecule has 154 valence electrons. The normalized spacial score (nSPS) is 16.6. The van der Waals surface area contributed by atoms with Crippen LogP contribution < -0.4 is 5.73 Å². The Bertz CT molecular complexity index is 1250. The van der Waals surface area contributed by atoms with Crippen molar-refractivity contribution in [3.05, 3.63) is 65.5 Å². The van der Waals surface area contributed by atoms with Gasteiger partial charge >= 0.3 is 0 Å². The van der Waals surface area contributed by atoms with E-state index in [1.807, 2.05) is 28.9 Å². The standard InChI is InChI=1S/C23H23N3O3S/c1-30(28,29)22-11-8-17(23(24)27)12-19(22)14-6-9-18(10-7-14)26-21(16-4-5-16)13-20(25-26)15-2-3-15/h6-13,15-16H,2-5H2,1H3,(H2,24,27). The fourth-order valence-electron chi connectivity index (χ4n) is 3.88. The van der Waals surface area contributed by atoms with Crippen LogP contribution in [0.25, 0.3) is 16.8 Å². The van der Waals surface area contributed by atoms with Gasteiger partial charge in [0.2, 0.25) is 5.91 Å². The van der Waals surface area contributed by atoms with E-state index in [4.69, 9.17) is 10.8 Å². The highest BCUT2D eigenvalue weighted by Gasteiger charge is 2.33. The van der Waals surface area contributed by atoms with Crippen molar-refractivity contribution in [2.24, 2.45) is 5.73 Å². The number of carbonyl (C=O) groups is 1. The SMILES string of the molecule is CS(=O)(=O)c1ccc(C(N)=O)cc1-c1ccc(-n2nc(C3CC3)cc2C2CC2)cc1. The van der Waals surface area contributed by atoms with Gasteiger partial charge in [-0.3, -0.25) is 4.79 Å². The highest BCUT2D eigenvalue weighted by molar-refractivity contribution is 7.90. The minimum atomic E-state index is -3.46. The molecule has 2 aliphatic rings. The third-order valence-corrected chi connectivity index (χ3v) is 6.99. The zero-order valence-corrected chi connectivity index (χ0v) is 17.5. The van der Waals surface area contributed by atoms with E-state index in [1.54, 1.807) is 6.07 Å². The van der Waals surface area contributed by atoms with Crippen molar-refractivity contribution in [2.45, 2.75) is 42.4 Å². The smallest absolute Gasteiger partial charge is 0.248 e. The fourth-order valence-corrected chi connectivity index (χ4v) is 4.78. The van der Waals surface area contributed by atoms with Crippen molar-refractivity contribution in [2.75, 3.05) is 6.26 Å². The van der Waals surface area contributed by atoms with Crippen LogP contribution in [-0.4, -0.2) is 30.4 Å². The summed E-state index contributed by atoms with van der Waals surface area (Å²) in [6.07, 6.45) is 5.99. The van der Waals surface area contributed by atoms with Gasteiger partial charge in [0.25, 0.3) is 0 Å². The molecule has 0 saturated heterocycles. The molecular formula is C23H23N3O3S. The van der Waals surface area contributed by atoms with E-state index in [0.717, 1.165) is 11.9 Å². The lowest BCUT2D eigenvalue weighted by Crippen LogP contribution is -2.12. The molecule has 0 aliphatic heterocycles. The average Bonchev–Trinajstić information content (AvgIpc) is 3.65. The van der Waals surface area contributed by atoms with Crippen LogP contribution in [0.4, 0.5) is 0 Å². The summed E-state index contributed by atoms with van der Waals surface area (Å²) in [6.45, 7) is 0. The first-order valence-corrected chi connectivity index (χ1v) is 12.0. The molecule has 5 rings (SSSR count). The summed E-state index contributed by atoms with van der Waals surface area (Å²) in [7, 11) is -3.46. The molecule has 0 bridgehead atoms. The maximum absolute atomic E-state index is 12.3. The Morgan fingerprint density at radius 3 is 2.23 bits per heavy atom. The molecule has 2 N–H and O–H groups in total. The molecule has 0 unspecified atom stereocenters. The molecule has 7 heteroatoms. The molecule has 0 atom stereocenters. The first kappa shape index (κ1) is 19.1. The number of benzene rings is 2. The van der Waals surface area contributed by atoms with Crippen molar-refractivity contribution < 1.29 is 13.2 Å². The first-order valence-electron chi connectivity index (χ1n) is 10.2. The highest BCUT2D eigenvalue weighted by atomic mass is 32.2. The van der Waals surface area contributed by atoms with Crippen molar-refractivity contribution in [1.82, 2.24) is 9.78 Å². The van der Waals surface area contributed by atoms with Crippen LogP contribution in [0.2, 0.25) is 0 Å². The van der Waals surface area contributed by atoms with Gasteiger partial charge in [0, 0.05) is 34.9 Å². The topological polar surface area (TPSA) is 95.0 Å². The molecule has 6 nitrogen and oxygen atoms in total. The summed E-state index contributed by atoms with van der Waals surface area (Å²) in [5.41, 5.74) is 10.3. The molecule has 2 aliphatic carbocycles. The van der Waals surface area contributed by atoms with Gasteiger partial charge in [-0.25, -0.2) is 13.1 Å². The number of rotatable bonds is 6. The summed E-state index contributed by atoms with van der Waals surface area (Å²) in [5, 5.41) is 4.86. The number of carbonyl (C=O) groups excluding carboxylic acids is 1. The van der Waals surface area contributed by atoms with Gasteiger partial charge < -0.3 is 5.73 Å². The van der Waals surface area contributed by atoms with Crippen molar-refractivity contribution in [3.63, 3.8) is 0 Å². The third kappa shape index (κ3) is 3.54. The van der Waals surface area contributed by atoms with Crippen LogP contribution >= 0.6 is 0 Å². The largest absolute Gasteiger partial charge is 0.366 e. The van der Waals surface area contributed by atoms with E-state index in [2.05, 4.69) is 6.07 Å². The lowest BCUT2D eigenvalue weighted by molar-refractivity contribution is 0.1000. The van der Waals surface area contributed by atoms with Crippen LogP contribution in [0.15, 0.2) is 53.4 Å². The molecule has 30 heavy (non-hydrogen) atoms. The molecule has 2 aromatic carbocycles. The Morgan fingerprint density at radius 1 is 1.00 bits per heavy atom. The van der Waals surface area contributed by atoms with Gasteiger partial charge in [-0.2, -0.15) is 5.10 Å². The summed E-state index contributed by atoms with van der Waals surface area (Å²) >= 11 is 0. The maximum Gasteiger partial charge on any atom is 0.248 e. The summed E-state index contributed by atoms with van der Waals surface area (Å²) in [5.74, 6) is 0.580. The van der Waals surface area contributed by atoms with Crippen LogP contribution in [0.5, 0.6) is 0 Å². The maximum atomic E-state index is 12.3. The molecule has 2 fully saturated rings. The number of primary amides is 1. The molecular weight excluding hydrogens is 398 g/mol. The molecule has 1 heterocycles. The second-order valence-corrected chi connectivity index (χ2v) is 10.3. The van der Waals surface area contributed by atoms with Gasteiger partial charge in [0.05, 0.1) is 16.3 Å². The average molecular weight is 422 g/mol. The molecule has 1 aromatic heterocycles. The Kier molecular flexibility index (Phi) is 4.32. The number of hydrogen-bond donors (Lipinski definition) is 1. The molecule has 0 spiro atoms. The van der Waals surface area contributed by atoms with Gasteiger partial charge in [-0.15, -0.1) is 0 Å². The summed E-state index contributed by atoms with van der Waals surface area (Å²) in [6, 6.07) is 14.3. The minimum absolute atomic E-state index is 0.175. The lowest BCUT2D eigenvalue weighted by Gasteiger charge is -2.12. The number of amides is 1. The minimum Gasteiger partial charge on any atom is -0.366 e. The molecule has 0 radical (unpaired) electrons. The van der Waals surface area contributed by atoms with E-state index >= 15 is 0 Å². The predicted molar refractivity (Wildman–Crippen MR) is 115 cm³/mol. The van der Waals surface area contributed by atoms with Gasteiger partial charge in [-0.1, -0.05) is 12.1 Å². The molecule has 1 amide bonds. The van der Waals surface area contributed by atoms with Gasteiger partial charge in [-0.05, 0) is 67.6 Å². The predicted octanol–water partition coefficient (Wildman–Crippen LogP) is 3.80. The van der Waals surface area contributed by atoms with Crippen LogP contribution in [0.1, 0.15) is 59.3 Å². The number of nitrogens with two attached hydrogens (primary N) is 1. The van der Waals surface area contributed by atoms with E-state index in [9.17, 15) is 13.2 Å². The monoisotopic (exact) mass is 421 g/mol. The molecule has 2 saturated carbocycles. The quantitative estimate of drug-likeness (QED) is 0.655. The number of hydrogen-bond acceptors (Lipinski definition) is 4. The Labute approximate surface area is 175 Å². The van der Waals surface area contributed by atoms with Crippen molar-refractivity contribution in [1.29, 1.82) is 0 Å². The second kappa shape index (κ2) is 6.80. The zero-order chi connectivity index (χ0) is 21.0. The van der Waals surface area contributed by atoms with Crippen LogP contribution in [-0.2, 0) is 9.84 Å². The second-order valence-electron chi connectivity index (χ2n) is 8.35. The summed E-state index contributed by atoms with van der Waals surface area (Å²) < 4.78 is 26.6. The first-order chi connectivity index (χ1) is 14.3. The Morgan fingerprint density at radius 2 is 1.67 bits per heavy atom. The van der Waals surface area contributed by atoms with Crippen molar-refractivity contribution >= 4 is 15.7 Å². The van der Waals surface area contributed by atoms with E-state index in [-0.39, 0.29) is 10.5 Å². The van der Waals surface area contributed by atoms with E-state index in [0.29, 0.717) is 23.0 Å². The Balaban J connectivity index is 1.56. The number of sulfone groups is 1. The number of nitrogens with zero attached hydrogens (tertiary/aromatic N) is 2. The number of aromatic nitrogens is 2. The van der Waals surface area contributed by atoms with Crippen molar-refractivity contribution in [3.8, 4) is 16.8 Å². The summed E-state index contributed by atoms with van der Waals surface area (Å²) in [4.78, 5) is 11.8. The van der Waals surface area contributed by atoms with Crippen LogP contribution in [0.3, 0.4) is 0 Å². The van der Waals surface area contributed by atoms with E-state index in [1.165, 1.54) is 49.2 Å². The lowest BCUT2D eigenvalue weighted by atomic mass is 10.0. The third-order valence-electron chi connectivity index (χ3n) is 5.83. The zero-order valence-electron chi connectivity index (χ0n) is 16.7. The molecule has 3 aromatic rings. The van der Waals surface area contributed by atoms with Gasteiger partial charge in [0.1, 0.15) is 0 Å².